The van der Waals surface area contributed by atoms with Gasteiger partial charge in [0.25, 0.3) is 0 Å². The van der Waals surface area contributed by atoms with E-state index in [0.717, 1.165) is 48.5 Å². The molecule has 0 unspecified atom stereocenters. The summed E-state index contributed by atoms with van der Waals surface area (Å²) in [5, 5.41) is 4.01. The van der Waals surface area contributed by atoms with Crippen molar-refractivity contribution in [1.29, 1.82) is 0 Å². The van der Waals surface area contributed by atoms with E-state index in [1.807, 2.05) is 45.6 Å². The molecule has 1 aliphatic heterocycles. The second kappa shape index (κ2) is 6.94. The Balaban J connectivity index is 2.03. The van der Waals surface area contributed by atoms with E-state index in [2.05, 4.69) is 10.1 Å². The fourth-order valence-electron chi connectivity index (χ4n) is 3.51. The van der Waals surface area contributed by atoms with Gasteiger partial charge in [-0.2, -0.15) is 0 Å². The maximum Gasteiger partial charge on any atom is 0.225 e. The van der Waals surface area contributed by atoms with Crippen molar-refractivity contribution in [2.75, 3.05) is 6.54 Å². The molecule has 0 N–H and O–H groups in total. The van der Waals surface area contributed by atoms with Crippen LogP contribution < -0.4 is 0 Å². The molecule has 1 amide bonds. The zero-order valence-electron chi connectivity index (χ0n) is 15.7. The molecule has 6 heteroatoms. The summed E-state index contributed by atoms with van der Waals surface area (Å²) in [7, 11) is 0. The first-order valence-corrected chi connectivity index (χ1v) is 8.97. The Morgan fingerprint density at radius 2 is 2.00 bits per heavy atom. The molecule has 0 saturated carbocycles. The number of amides is 1. The Hall–Kier alpha value is -2.24. The maximum absolute atomic E-state index is 12.6. The van der Waals surface area contributed by atoms with E-state index in [1.54, 1.807) is 0 Å². The van der Waals surface area contributed by atoms with Crippen LogP contribution in [-0.2, 0) is 4.79 Å². The van der Waals surface area contributed by atoms with Crippen LogP contribution in [-0.4, -0.2) is 32.5 Å². The number of piperidine rings is 1. The summed E-state index contributed by atoms with van der Waals surface area (Å²) in [5.41, 5.74) is 3.44. The summed E-state index contributed by atoms with van der Waals surface area (Å²) in [4.78, 5) is 24.0. The fourth-order valence-corrected chi connectivity index (χ4v) is 3.51. The van der Waals surface area contributed by atoms with Gasteiger partial charge in [-0.05, 0) is 46.1 Å². The van der Waals surface area contributed by atoms with Crippen LogP contribution in [0.4, 0.5) is 0 Å². The molecule has 0 aliphatic carbocycles. The lowest BCUT2D eigenvalue weighted by Gasteiger charge is -2.36. The fraction of sp³-hybridized carbons (Fsp3) is 0.579. The number of hydrogen-bond acceptors (Lipinski definition) is 5. The van der Waals surface area contributed by atoms with Gasteiger partial charge in [0.15, 0.2) is 5.82 Å². The Morgan fingerprint density at radius 3 is 2.64 bits per heavy atom. The summed E-state index contributed by atoms with van der Waals surface area (Å²) in [6.07, 6.45) is 3.10. The average Bonchev–Trinajstić information content (AvgIpc) is 2.92. The van der Waals surface area contributed by atoms with Crippen molar-refractivity contribution in [3.63, 3.8) is 0 Å². The summed E-state index contributed by atoms with van der Waals surface area (Å²) in [6.45, 7) is 10.4. The lowest BCUT2D eigenvalue weighted by atomic mass is 9.96. The van der Waals surface area contributed by atoms with Gasteiger partial charge in [-0.25, -0.2) is 9.97 Å². The van der Waals surface area contributed by atoms with Gasteiger partial charge >= 0.3 is 0 Å². The maximum atomic E-state index is 12.6. The molecule has 0 bridgehead atoms. The third-order valence-corrected chi connectivity index (χ3v) is 4.75. The topological polar surface area (TPSA) is 72.1 Å². The van der Waals surface area contributed by atoms with E-state index in [0.29, 0.717) is 11.6 Å². The molecule has 2 aromatic rings. The standard InChI is InChI=1S/C19H26N4O2/c1-11(2)19(24)23-9-7-6-8-16(23)15-10-12(3)20-18(21-15)17-13(4)22-25-14(17)5/h10-11,16H,6-9H2,1-5H3/t16-/m1/s1. The minimum Gasteiger partial charge on any atom is -0.361 e. The van der Waals surface area contributed by atoms with Crippen molar-refractivity contribution in [3.8, 4) is 11.4 Å². The minimum atomic E-state index is -0.00873. The molecular weight excluding hydrogens is 316 g/mol. The number of nitrogens with zero attached hydrogens (tertiary/aromatic N) is 4. The zero-order chi connectivity index (χ0) is 18.1. The van der Waals surface area contributed by atoms with Crippen molar-refractivity contribution < 1.29 is 9.32 Å². The summed E-state index contributed by atoms with van der Waals surface area (Å²) < 4.78 is 5.27. The van der Waals surface area contributed by atoms with Crippen LogP contribution in [0.1, 0.15) is 62.0 Å². The lowest BCUT2D eigenvalue weighted by Crippen LogP contribution is -2.41. The molecule has 25 heavy (non-hydrogen) atoms. The highest BCUT2D eigenvalue weighted by Gasteiger charge is 2.31. The summed E-state index contributed by atoms with van der Waals surface area (Å²) >= 11 is 0. The van der Waals surface area contributed by atoms with Crippen LogP contribution >= 0.6 is 0 Å². The molecular formula is C19H26N4O2. The van der Waals surface area contributed by atoms with E-state index < -0.39 is 0 Å². The molecule has 134 valence electrons. The first kappa shape index (κ1) is 17.6. The van der Waals surface area contributed by atoms with Gasteiger partial charge in [0.2, 0.25) is 5.91 Å². The largest absolute Gasteiger partial charge is 0.361 e. The molecule has 1 fully saturated rings. The molecule has 1 aliphatic rings. The number of aryl methyl sites for hydroxylation is 3. The number of hydrogen-bond donors (Lipinski definition) is 0. The summed E-state index contributed by atoms with van der Waals surface area (Å²) in [5.74, 6) is 1.53. The van der Waals surface area contributed by atoms with Crippen molar-refractivity contribution in [2.24, 2.45) is 5.92 Å². The molecule has 6 nitrogen and oxygen atoms in total. The van der Waals surface area contributed by atoms with Crippen molar-refractivity contribution in [2.45, 2.75) is 59.9 Å². The Kier molecular flexibility index (Phi) is 4.88. The first-order valence-electron chi connectivity index (χ1n) is 8.97. The Bertz CT molecular complexity index is 762. The molecule has 0 spiro atoms. The second-order valence-electron chi connectivity index (χ2n) is 7.15. The zero-order valence-corrected chi connectivity index (χ0v) is 15.7. The van der Waals surface area contributed by atoms with Crippen LogP contribution in [0.2, 0.25) is 0 Å². The smallest absolute Gasteiger partial charge is 0.225 e. The van der Waals surface area contributed by atoms with Crippen LogP contribution in [0.5, 0.6) is 0 Å². The van der Waals surface area contributed by atoms with Crippen LogP contribution in [0.25, 0.3) is 11.4 Å². The monoisotopic (exact) mass is 342 g/mol. The highest BCUT2D eigenvalue weighted by atomic mass is 16.5. The third-order valence-electron chi connectivity index (χ3n) is 4.75. The number of likely N-dealkylation sites (tertiary alicyclic amines) is 1. The highest BCUT2D eigenvalue weighted by Crippen LogP contribution is 2.33. The molecule has 1 atom stereocenters. The van der Waals surface area contributed by atoms with Gasteiger partial charge in [0, 0.05) is 18.2 Å². The van der Waals surface area contributed by atoms with E-state index in [1.165, 1.54) is 0 Å². The van der Waals surface area contributed by atoms with Crippen molar-refractivity contribution >= 4 is 5.91 Å². The lowest BCUT2D eigenvalue weighted by molar-refractivity contribution is -0.138. The SMILES string of the molecule is Cc1cc([C@H]2CCCCN2C(=O)C(C)C)nc(-c2c(C)noc2C)n1. The van der Waals surface area contributed by atoms with Crippen molar-refractivity contribution in [1.82, 2.24) is 20.0 Å². The van der Waals surface area contributed by atoms with Gasteiger partial charge in [-0.1, -0.05) is 19.0 Å². The number of aromatic nitrogens is 3. The minimum absolute atomic E-state index is 0.00873. The van der Waals surface area contributed by atoms with Gasteiger partial charge in [0.05, 0.1) is 23.0 Å². The second-order valence-corrected chi connectivity index (χ2v) is 7.15. The number of carbonyl (C=O) groups excluding carboxylic acids is 1. The molecule has 0 aromatic carbocycles. The number of rotatable bonds is 3. The quantitative estimate of drug-likeness (QED) is 0.849. The first-order chi connectivity index (χ1) is 11.9. The molecule has 2 aromatic heterocycles. The van der Waals surface area contributed by atoms with Gasteiger partial charge < -0.3 is 9.42 Å². The average molecular weight is 342 g/mol. The van der Waals surface area contributed by atoms with Gasteiger partial charge in [0.1, 0.15) is 5.76 Å². The third kappa shape index (κ3) is 3.43. The predicted octanol–water partition coefficient (Wildman–Crippen LogP) is 3.77. The summed E-state index contributed by atoms with van der Waals surface area (Å²) in [6, 6.07) is 2.02. The molecule has 3 rings (SSSR count). The van der Waals surface area contributed by atoms with Crippen molar-refractivity contribution in [3.05, 3.63) is 28.9 Å². The Labute approximate surface area is 148 Å². The van der Waals surface area contributed by atoms with Gasteiger partial charge in [-0.3, -0.25) is 4.79 Å². The Morgan fingerprint density at radius 1 is 1.24 bits per heavy atom. The highest BCUT2D eigenvalue weighted by molar-refractivity contribution is 5.78. The van der Waals surface area contributed by atoms with Crippen LogP contribution in [0.15, 0.2) is 10.6 Å². The molecule has 3 heterocycles. The van der Waals surface area contributed by atoms with E-state index in [9.17, 15) is 4.79 Å². The van der Waals surface area contributed by atoms with E-state index >= 15 is 0 Å². The normalized spacial score (nSPS) is 18.0. The van der Waals surface area contributed by atoms with Gasteiger partial charge in [-0.15, -0.1) is 0 Å². The predicted molar refractivity (Wildman–Crippen MR) is 94.9 cm³/mol. The van der Waals surface area contributed by atoms with E-state index in [4.69, 9.17) is 9.51 Å². The van der Waals surface area contributed by atoms with Crippen LogP contribution in [0.3, 0.4) is 0 Å². The molecule has 1 saturated heterocycles. The number of carbonyl (C=O) groups is 1. The molecule has 0 radical (unpaired) electrons. The van der Waals surface area contributed by atoms with Crippen LogP contribution in [0, 0.1) is 26.7 Å². The van der Waals surface area contributed by atoms with E-state index in [-0.39, 0.29) is 17.9 Å².